The molecular formula is C21H21N3O3. The van der Waals surface area contributed by atoms with E-state index in [1.54, 1.807) is 33.0 Å². The predicted octanol–water partition coefficient (Wildman–Crippen LogP) is 4.20. The molecule has 4 rings (SSSR count). The van der Waals surface area contributed by atoms with Gasteiger partial charge in [-0.05, 0) is 56.5 Å². The Morgan fingerprint density at radius 1 is 1.11 bits per heavy atom. The summed E-state index contributed by atoms with van der Waals surface area (Å²) in [7, 11) is 0. The Hall–Kier alpha value is -3.15. The van der Waals surface area contributed by atoms with Crippen molar-refractivity contribution in [1.29, 1.82) is 0 Å². The SMILES string of the molecule is Cc1ccc2c(-c3cccc4c3CN(C(=O)OC(C)(C)C)C4=O)cnn2c1. The van der Waals surface area contributed by atoms with Crippen molar-refractivity contribution >= 4 is 17.5 Å². The Morgan fingerprint density at radius 3 is 2.59 bits per heavy atom. The van der Waals surface area contributed by atoms with Gasteiger partial charge in [0.05, 0.1) is 18.3 Å². The van der Waals surface area contributed by atoms with E-state index in [4.69, 9.17) is 4.74 Å². The smallest absolute Gasteiger partial charge is 0.417 e. The fourth-order valence-corrected chi connectivity index (χ4v) is 3.34. The number of fused-ring (bicyclic) bond motifs is 2. The molecule has 0 bridgehead atoms. The minimum Gasteiger partial charge on any atom is -0.443 e. The van der Waals surface area contributed by atoms with E-state index in [1.807, 2.05) is 41.9 Å². The molecule has 0 aliphatic carbocycles. The highest BCUT2D eigenvalue weighted by Gasteiger charge is 2.36. The Labute approximate surface area is 157 Å². The monoisotopic (exact) mass is 363 g/mol. The number of ether oxygens (including phenoxy) is 1. The van der Waals surface area contributed by atoms with Gasteiger partial charge in [0.25, 0.3) is 5.91 Å². The number of carbonyl (C=O) groups excluding carboxylic acids is 2. The lowest BCUT2D eigenvalue weighted by atomic mass is 9.98. The zero-order valence-corrected chi connectivity index (χ0v) is 15.8. The minimum atomic E-state index is -0.657. The fourth-order valence-electron chi connectivity index (χ4n) is 3.34. The van der Waals surface area contributed by atoms with Gasteiger partial charge < -0.3 is 4.74 Å². The van der Waals surface area contributed by atoms with Gasteiger partial charge in [-0.3, -0.25) is 4.79 Å². The fraction of sp³-hybridized carbons (Fsp3) is 0.286. The van der Waals surface area contributed by atoms with Crippen LogP contribution in [0.2, 0.25) is 0 Å². The van der Waals surface area contributed by atoms with Crippen molar-refractivity contribution in [1.82, 2.24) is 14.5 Å². The lowest BCUT2D eigenvalue weighted by molar-refractivity contribution is 0.0248. The van der Waals surface area contributed by atoms with Crippen LogP contribution in [0.15, 0.2) is 42.7 Å². The van der Waals surface area contributed by atoms with Gasteiger partial charge in [-0.1, -0.05) is 18.2 Å². The van der Waals surface area contributed by atoms with Gasteiger partial charge in [0.2, 0.25) is 0 Å². The molecule has 3 heterocycles. The number of imide groups is 1. The van der Waals surface area contributed by atoms with Crippen LogP contribution in [0, 0.1) is 6.92 Å². The zero-order valence-electron chi connectivity index (χ0n) is 15.8. The molecule has 2 aromatic heterocycles. The second-order valence-electron chi connectivity index (χ2n) is 7.80. The van der Waals surface area contributed by atoms with E-state index >= 15 is 0 Å². The Morgan fingerprint density at radius 2 is 1.85 bits per heavy atom. The zero-order chi connectivity index (χ0) is 19.3. The maximum Gasteiger partial charge on any atom is 0.417 e. The quantitative estimate of drug-likeness (QED) is 0.650. The van der Waals surface area contributed by atoms with E-state index in [1.165, 1.54) is 0 Å². The summed E-state index contributed by atoms with van der Waals surface area (Å²) < 4.78 is 7.21. The average molecular weight is 363 g/mol. The van der Waals surface area contributed by atoms with Crippen molar-refractivity contribution in [2.45, 2.75) is 39.8 Å². The van der Waals surface area contributed by atoms with Gasteiger partial charge in [-0.25, -0.2) is 14.2 Å². The van der Waals surface area contributed by atoms with Crippen LogP contribution in [0.25, 0.3) is 16.6 Å². The second kappa shape index (κ2) is 5.94. The van der Waals surface area contributed by atoms with Crippen LogP contribution in [-0.2, 0) is 11.3 Å². The number of amides is 2. The number of aromatic nitrogens is 2. The van der Waals surface area contributed by atoms with Crippen molar-refractivity contribution in [3.05, 3.63) is 59.4 Å². The summed E-state index contributed by atoms with van der Waals surface area (Å²) in [5.41, 5.74) is 4.61. The molecule has 0 saturated heterocycles. The highest BCUT2D eigenvalue weighted by Crippen LogP contribution is 2.35. The van der Waals surface area contributed by atoms with Crippen LogP contribution in [0.5, 0.6) is 0 Å². The van der Waals surface area contributed by atoms with Crippen molar-refractivity contribution < 1.29 is 14.3 Å². The largest absolute Gasteiger partial charge is 0.443 e. The third kappa shape index (κ3) is 2.97. The molecule has 0 radical (unpaired) electrons. The van der Waals surface area contributed by atoms with Crippen LogP contribution in [0.1, 0.15) is 42.3 Å². The first kappa shape index (κ1) is 17.3. The first-order valence-electron chi connectivity index (χ1n) is 8.86. The lowest BCUT2D eigenvalue weighted by Gasteiger charge is -2.23. The Kier molecular flexibility index (Phi) is 3.80. The molecule has 0 N–H and O–H groups in total. The van der Waals surface area contributed by atoms with Crippen molar-refractivity contribution in [2.75, 3.05) is 0 Å². The number of aryl methyl sites for hydroxylation is 1. The van der Waals surface area contributed by atoms with Gasteiger partial charge in [-0.2, -0.15) is 5.10 Å². The van der Waals surface area contributed by atoms with Crippen LogP contribution < -0.4 is 0 Å². The summed E-state index contributed by atoms with van der Waals surface area (Å²) in [6.07, 6.45) is 3.13. The van der Waals surface area contributed by atoms with Gasteiger partial charge in [0.15, 0.2) is 0 Å². The van der Waals surface area contributed by atoms with E-state index in [0.29, 0.717) is 5.56 Å². The maximum atomic E-state index is 12.8. The van der Waals surface area contributed by atoms with E-state index in [0.717, 1.165) is 32.7 Å². The van der Waals surface area contributed by atoms with Crippen molar-refractivity contribution in [3.8, 4) is 11.1 Å². The summed E-state index contributed by atoms with van der Waals surface area (Å²) in [5, 5.41) is 4.43. The maximum absolute atomic E-state index is 12.8. The van der Waals surface area contributed by atoms with E-state index in [2.05, 4.69) is 5.10 Å². The summed E-state index contributed by atoms with van der Waals surface area (Å²) in [6.45, 7) is 7.56. The first-order valence-corrected chi connectivity index (χ1v) is 8.86. The number of benzene rings is 1. The number of rotatable bonds is 1. The number of pyridine rings is 1. The Bertz CT molecular complexity index is 1080. The molecule has 0 spiro atoms. The molecule has 0 unspecified atom stereocenters. The van der Waals surface area contributed by atoms with E-state index in [9.17, 15) is 9.59 Å². The molecule has 2 amide bonds. The summed E-state index contributed by atoms with van der Waals surface area (Å²) in [6, 6.07) is 9.59. The van der Waals surface area contributed by atoms with Gasteiger partial charge in [0, 0.05) is 17.3 Å². The van der Waals surface area contributed by atoms with Gasteiger partial charge >= 0.3 is 6.09 Å². The number of hydrogen-bond donors (Lipinski definition) is 0. The van der Waals surface area contributed by atoms with Crippen LogP contribution in [0.4, 0.5) is 4.79 Å². The highest BCUT2D eigenvalue weighted by molar-refractivity contribution is 6.08. The number of carbonyl (C=O) groups is 2. The molecule has 1 aliphatic rings. The van der Waals surface area contributed by atoms with Crippen LogP contribution in [-0.4, -0.2) is 32.1 Å². The molecular weight excluding hydrogens is 342 g/mol. The number of hydrogen-bond acceptors (Lipinski definition) is 4. The third-order valence-electron chi connectivity index (χ3n) is 4.54. The normalized spacial score (nSPS) is 13.9. The lowest BCUT2D eigenvalue weighted by Crippen LogP contribution is -2.36. The Balaban J connectivity index is 1.76. The molecule has 0 saturated carbocycles. The minimum absolute atomic E-state index is 0.197. The molecule has 6 heteroatoms. The standard InChI is InChI=1S/C21H21N3O3/c1-13-8-9-18-16(10-22-24(18)11-13)14-6-5-7-15-17(14)12-23(19(15)25)20(26)27-21(2,3)4/h5-11H,12H2,1-4H3. The first-order chi connectivity index (χ1) is 12.7. The van der Waals surface area contributed by atoms with Gasteiger partial charge in [0.1, 0.15) is 5.60 Å². The molecule has 27 heavy (non-hydrogen) atoms. The topological polar surface area (TPSA) is 63.9 Å². The van der Waals surface area contributed by atoms with E-state index < -0.39 is 11.7 Å². The van der Waals surface area contributed by atoms with Crippen LogP contribution in [0.3, 0.4) is 0 Å². The number of nitrogens with zero attached hydrogens (tertiary/aromatic N) is 3. The van der Waals surface area contributed by atoms with E-state index in [-0.39, 0.29) is 12.5 Å². The molecule has 1 aliphatic heterocycles. The van der Waals surface area contributed by atoms with Crippen molar-refractivity contribution in [2.24, 2.45) is 0 Å². The molecule has 138 valence electrons. The summed E-state index contributed by atoms with van der Waals surface area (Å²) in [4.78, 5) is 26.4. The van der Waals surface area contributed by atoms with Crippen LogP contribution >= 0.6 is 0 Å². The molecule has 0 fully saturated rings. The third-order valence-corrected chi connectivity index (χ3v) is 4.54. The molecule has 0 atom stereocenters. The molecule has 1 aromatic carbocycles. The molecule has 3 aromatic rings. The predicted molar refractivity (Wildman–Crippen MR) is 101 cm³/mol. The van der Waals surface area contributed by atoms with Crippen molar-refractivity contribution in [3.63, 3.8) is 0 Å². The summed E-state index contributed by atoms with van der Waals surface area (Å²) >= 11 is 0. The summed E-state index contributed by atoms with van der Waals surface area (Å²) in [5.74, 6) is -0.326. The molecule has 6 nitrogen and oxygen atoms in total. The average Bonchev–Trinajstić information content (AvgIpc) is 3.14. The van der Waals surface area contributed by atoms with Gasteiger partial charge in [-0.15, -0.1) is 0 Å². The second-order valence-corrected chi connectivity index (χ2v) is 7.80. The highest BCUT2D eigenvalue weighted by atomic mass is 16.6.